The number of aliphatic hydroxyl groups is 1. The first kappa shape index (κ1) is 13.5. The minimum Gasteiger partial charge on any atom is -0.391 e. The van der Waals surface area contributed by atoms with Crippen molar-refractivity contribution in [2.45, 2.75) is 38.3 Å². The lowest BCUT2D eigenvalue weighted by molar-refractivity contribution is -0.164. The smallest absolute Gasteiger partial charge is 0.129 e. The van der Waals surface area contributed by atoms with Crippen LogP contribution in [0, 0.1) is 0 Å². The van der Waals surface area contributed by atoms with Crippen molar-refractivity contribution in [1.82, 2.24) is 0 Å². The summed E-state index contributed by atoms with van der Waals surface area (Å²) in [6, 6.07) is 8.01. The van der Waals surface area contributed by atoms with E-state index in [0.717, 1.165) is 11.1 Å². The molecule has 0 radical (unpaired) electrons. The van der Waals surface area contributed by atoms with E-state index in [1.165, 1.54) is 0 Å². The summed E-state index contributed by atoms with van der Waals surface area (Å²) in [6.07, 6.45) is -0.828. The topological polar surface area (TPSA) is 64.7 Å². The number of rotatable bonds is 4. The quantitative estimate of drug-likeness (QED) is 0.842. The molecule has 1 aromatic rings. The zero-order valence-electron chi connectivity index (χ0n) is 10.9. The Hall–Kier alpha value is -0.940. The van der Waals surface area contributed by atoms with Crippen LogP contribution in [0.1, 0.15) is 25.0 Å². The zero-order valence-corrected chi connectivity index (χ0v) is 10.9. The van der Waals surface area contributed by atoms with Crippen LogP contribution in [0.4, 0.5) is 0 Å². The van der Waals surface area contributed by atoms with Crippen LogP contribution < -0.4 is 5.73 Å². The van der Waals surface area contributed by atoms with Gasteiger partial charge in [0.25, 0.3) is 0 Å². The Morgan fingerprint density at radius 2 is 2.17 bits per heavy atom. The molecule has 2 rings (SSSR count). The van der Waals surface area contributed by atoms with Crippen LogP contribution in [-0.2, 0) is 21.7 Å². The lowest BCUT2D eigenvalue weighted by Gasteiger charge is -2.40. The second-order valence-electron chi connectivity index (χ2n) is 4.91. The Morgan fingerprint density at radius 1 is 1.44 bits per heavy atom. The number of benzene rings is 1. The van der Waals surface area contributed by atoms with Gasteiger partial charge in [0.15, 0.2) is 0 Å². The number of ether oxygens (including phenoxy) is 2. The molecular weight excluding hydrogens is 230 g/mol. The van der Waals surface area contributed by atoms with Crippen LogP contribution in [-0.4, -0.2) is 30.5 Å². The molecule has 1 aromatic carbocycles. The average molecular weight is 251 g/mol. The fourth-order valence-electron chi connectivity index (χ4n) is 2.26. The van der Waals surface area contributed by atoms with Crippen LogP contribution >= 0.6 is 0 Å². The van der Waals surface area contributed by atoms with E-state index >= 15 is 0 Å². The molecule has 1 heterocycles. The third-order valence-corrected chi connectivity index (χ3v) is 3.52. The molecule has 0 bridgehead atoms. The zero-order chi connectivity index (χ0) is 13.2. The molecule has 0 aliphatic carbocycles. The first-order chi connectivity index (χ1) is 8.59. The summed E-state index contributed by atoms with van der Waals surface area (Å²) in [5, 5.41) is 9.60. The van der Waals surface area contributed by atoms with Crippen LogP contribution in [0.15, 0.2) is 24.3 Å². The van der Waals surface area contributed by atoms with Crippen LogP contribution in [0.3, 0.4) is 0 Å². The van der Waals surface area contributed by atoms with Gasteiger partial charge >= 0.3 is 0 Å². The fourth-order valence-corrected chi connectivity index (χ4v) is 2.26. The Morgan fingerprint density at radius 3 is 2.83 bits per heavy atom. The van der Waals surface area contributed by atoms with E-state index in [1.807, 2.05) is 31.2 Å². The van der Waals surface area contributed by atoms with Gasteiger partial charge in [-0.2, -0.15) is 0 Å². The van der Waals surface area contributed by atoms with Crippen molar-refractivity contribution in [3.05, 3.63) is 35.4 Å². The summed E-state index contributed by atoms with van der Waals surface area (Å²) >= 11 is 0. The molecule has 1 aliphatic heterocycles. The summed E-state index contributed by atoms with van der Waals surface area (Å²) < 4.78 is 11.6. The summed E-state index contributed by atoms with van der Waals surface area (Å²) in [5.74, 6) is 0. The molecule has 1 aliphatic rings. The molecule has 0 saturated carbocycles. The predicted molar refractivity (Wildman–Crippen MR) is 69.1 cm³/mol. The van der Waals surface area contributed by atoms with Crippen molar-refractivity contribution in [2.24, 2.45) is 5.73 Å². The summed E-state index contributed by atoms with van der Waals surface area (Å²) in [6.45, 7) is 4.91. The number of hydrogen-bond acceptors (Lipinski definition) is 4. The highest BCUT2D eigenvalue weighted by Gasteiger charge is 2.39. The molecule has 4 nitrogen and oxygen atoms in total. The first-order valence-electron chi connectivity index (χ1n) is 6.31. The van der Waals surface area contributed by atoms with Crippen LogP contribution in [0.2, 0.25) is 0 Å². The second-order valence-corrected chi connectivity index (χ2v) is 4.91. The van der Waals surface area contributed by atoms with Crippen LogP contribution in [0.5, 0.6) is 0 Å². The van der Waals surface area contributed by atoms with Gasteiger partial charge in [-0.1, -0.05) is 24.3 Å². The lowest BCUT2D eigenvalue weighted by atomic mass is 9.88. The average Bonchev–Trinajstić information content (AvgIpc) is 2.39. The normalized spacial score (nSPS) is 26.4. The standard InChI is InChI=1S/C14H21NO3/c1-10(16)11(2)18-14(8-15)9-17-7-12-5-3-4-6-13(12)14/h3-6,10-11,16H,7-9,15H2,1-2H3. The molecule has 18 heavy (non-hydrogen) atoms. The largest absolute Gasteiger partial charge is 0.391 e. The molecule has 4 heteroatoms. The molecular formula is C14H21NO3. The summed E-state index contributed by atoms with van der Waals surface area (Å²) in [5.41, 5.74) is 7.45. The van der Waals surface area contributed by atoms with E-state index in [-0.39, 0.29) is 6.10 Å². The number of fused-ring (bicyclic) bond motifs is 1. The number of nitrogens with two attached hydrogens (primary N) is 1. The Kier molecular flexibility index (Phi) is 4.02. The van der Waals surface area contributed by atoms with Gasteiger partial charge in [0.1, 0.15) is 5.60 Å². The van der Waals surface area contributed by atoms with E-state index < -0.39 is 11.7 Å². The van der Waals surface area contributed by atoms with Gasteiger partial charge in [-0.25, -0.2) is 0 Å². The first-order valence-corrected chi connectivity index (χ1v) is 6.31. The van der Waals surface area contributed by atoms with Gasteiger partial charge in [-0.3, -0.25) is 0 Å². The maximum absolute atomic E-state index is 9.60. The van der Waals surface area contributed by atoms with Crippen molar-refractivity contribution in [3.8, 4) is 0 Å². The molecule has 0 saturated heterocycles. The van der Waals surface area contributed by atoms with E-state index in [1.54, 1.807) is 6.92 Å². The number of aliphatic hydroxyl groups excluding tert-OH is 1. The summed E-state index contributed by atoms with van der Waals surface area (Å²) in [7, 11) is 0. The van der Waals surface area contributed by atoms with Gasteiger partial charge in [0.2, 0.25) is 0 Å². The van der Waals surface area contributed by atoms with Crippen LogP contribution in [0.25, 0.3) is 0 Å². The maximum atomic E-state index is 9.60. The third-order valence-electron chi connectivity index (χ3n) is 3.52. The van der Waals surface area contributed by atoms with Crippen molar-refractivity contribution in [3.63, 3.8) is 0 Å². The van der Waals surface area contributed by atoms with Gasteiger partial charge < -0.3 is 20.3 Å². The molecule has 0 amide bonds. The predicted octanol–water partition coefficient (Wildman–Crippen LogP) is 1.16. The van der Waals surface area contributed by atoms with E-state index in [9.17, 15) is 5.11 Å². The third kappa shape index (κ3) is 2.42. The summed E-state index contributed by atoms with van der Waals surface area (Å²) in [4.78, 5) is 0. The minimum absolute atomic E-state index is 0.289. The maximum Gasteiger partial charge on any atom is 0.129 e. The number of hydrogen-bond donors (Lipinski definition) is 2. The van der Waals surface area contributed by atoms with Gasteiger partial charge in [0.05, 0.1) is 25.4 Å². The van der Waals surface area contributed by atoms with E-state index in [2.05, 4.69) is 0 Å². The molecule has 0 fully saturated rings. The van der Waals surface area contributed by atoms with Crippen molar-refractivity contribution in [2.75, 3.05) is 13.2 Å². The Bertz CT molecular complexity index is 408. The SMILES string of the molecule is CC(O)C(C)OC1(CN)COCc2ccccc21. The van der Waals surface area contributed by atoms with Crippen molar-refractivity contribution < 1.29 is 14.6 Å². The second kappa shape index (κ2) is 5.36. The van der Waals surface area contributed by atoms with E-state index in [4.69, 9.17) is 15.2 Å². The molecule has 100 valence electrons. The molecule has 0 spiro atoms. The lowest BCUT2D eigenvalue weighted by Crippen LogP contribution is -2.48. The fraction of sp³-hybridized carbons (Fsp3) is 0.571. The Labute approximate surface area is 108 Å². The van der Waals surface area contributed by atoms with Crippen molar-refractivity contribution >= 4 is 0 Å². The monoisotopic (exact) mass is 251 g/mol. The highest BCUT2D eigenvalue weighted by atomic mass is 16.6. The Balaban J connectivity index is 2.33. The van der Waals surface area contributed by atoms with E-state index in [0.29, 0.717) is 19.8 Å². The minimum atomic E-state index is -0.648. The van der Waals surface area contributed by atoms with Gasteiger partial charge in [-0.15, -0.1) is 0 Å². The van der Waals surface area contributed by atoms with Gasteiger partial charge in [0, 0.05) is 6.54 Å². The van der Waals surface area contributed by atoms with Crippen molar-refractivity contribution in [1.29, 1.82) is 0 Å². The highest BCUT2D eigenvalue weighted by Crippen LogP contribution is 2.34. The highest BCUT2D eigenvalue weighted by molar-refractivity contribution is 5.34. The van der Waals surface area contributed by atoms with Gasteiger partial charge in [-0.05, 0) is 25.0 Å². The molecule has 0 aromatic heterocycles. The molecule has 3 atom stereocenters. The molecule has 3 N–H and O–H groups in total. The molecule has 3 unspecified atom stereocenters.